The van der Waals surface area contributed by atoms with Crippen LogP contribution < -0.4 is 9.64 Å². The Hall–Kier alpha value is -5.37. The second-order valence-corrected chi connectivity index (χ2v) is 10.7. The monoisotopic (exact) mass is 556 g/mol. The molecule has 1 spiro atoms. The number of nitro groups is 1. The zero-order chi connectivity index (χ0) is 29.2. The molecule has 8 nitrogen and oxygen atoms in total. The molecule has 4 aromatic carbocycles. The Labute approximate surface area is 241 Å². The number of fused-ring (bicyclic) bond motifs is 5. The molecule has 1 fully saturated rings. The molecule has 42 heavy (non-hydrogen) atoms. The van der Waals surface area contributed by atoms with E-state index < -0.39 is 28.3 Å². The summed E-state index contributed by atoms with van der Waals surface area (Å²) in [6.07, 6.45) is 3.77. The number of carbonyl (C=O) groups is 3. The maximum absolute atomic E-state index is 14.7. The Morgan fingerprint density at radius 1 is 0.881 bits per heavy atom. The van der Waals surface area contributed by atoms with E-state index in [0.717, 1.165) is 11.3 Å². The lowest BCUT2D eigenvalue weighted by atomic mass is 9.64. The summed E-state index contributed by atoms with van der Waals surface area (Å²) < 4.78 is 5.53. The van der Waals surface area contributed by atoms with Crippen LogP contribution in [0, 0.1) is 15.5 Å². The largest absolute Gasteiger partial charge is 0.497 e. The van der Waals surface area contributed by atoms with Gasteiger partial charge in [0, 0.05) is 40.4 Å². The molecule has 0 amide bonds. The molecular formula is C34H24N2O6. The molecule has 3 aliphatic rings. The first kappa shape index (κ1) is 25.6. The molecular weight excluding hydrogens is 532 g/mol. The fraction of sp³-hybridized carbons (Fsp3) is 0.147. The van der Waals surface area contributed by atoms with Crippen molar-refractivity contribution in [1.29, 1.82) is 0 Å². The van der Waals surface area contributed by atoms with Crippen molar-refractivity contribution in [1.82, 2.24) is 0 Å². The minimum absolute atomic E-state index is 0.139. The number of carbonyl (C=O) groups excluding carboxylic acids is 3. The van der Waals surface area contributed by atoms with E-state index in [1.807, 2.05) is 47.4 Å². The van der Waals surface area contributed by atoms with Crippen molar-refractivity contribution in [3.63, 3.8) is 0 Å². The molecule has 1 aliphatic carbocycles. The average molecular weight is 557 g/mol. The van der Waals surface area contributed by atoms with Crippen molar-refractivity contribution in [3.8, 4) is 5.75 Å². The Kier molecular flexibility index (Phi) is 5.69. The topological polar surface area (TPSA) is 107 Å². The number of benzene rings is 4. The molecule has 0 aromatic heterocycles. The second-order valence-electron chi connectivity index (χ2n) is 10.7. The summed E-state index contributed by atoms with van der Waals surface area (Å²) in [7, 11) is 1.53. The molecule has 7 rings (SSSR count). The van der Waals surface area contributed by atoms with Gasteiger partial charge in [0.05, 0.1) is 18.1 Å². The number of methoxy groups -OCH3 is 1. The lowest BCUT2D eigenvalue weighted by Crippen LogP contribution is -2.48. The first-order valence-electron chi connectivity index (χ1n) is 13.5. The van der Waals surface area contributed by atoms with Gasteiger partial charge in [-0.05, 0) is 41.5 Å². The number of hydrogen-bond donors (Lipinski definition) is 0. The minimum atomic E-state index is -1.64. The fourth-order valence-electron chi connectivity index (χ4n) is 7.04. The van der Waals surface area contributed by atoms with E-state index in [4.69, 9.17) is 4.74 Å². The lowest BCUT2D eigenvalue weighted by molar-refractivity contribution is -0.384. The minimum Gasteiger partial charge on any atom is -0.497 e. The maximum atomic E-state index is 14.7. The van der Waals surface area contributed by atoms with Gasteiger partial charge in [-0.3, -0.25) is 24.5 Å². The number of ether oxygens (including phenoxy) is 1. The average Bonchev–Trinajstić information content (AvgIpc) is 3.47. The van der Waals surface area contributed by atoms with Crippen LogP contribution in [0.5, 0.6) is 5.75 Å². The van der Waals surface area contributed by atoms with Crippen LogP contribution in [0.1, 0.15) is 48.1 Å². The van der Waals surface area contributed by atoms with Crippen molar-refractivity contribution in [2.24, 2.45) is 5.41 Å². The summed E-state index contributed by atoms with van der Waals surface area (Å²) >= 11 is 0. The highest BCUT2D eigenvalue weighted by molar-refractivity contribution is 6.32. The van der Waals surface area contributed by atoms with Gasteiger partial charge in [-0.2, -0.15) is 0 Å². The number of Topliss-reactive ketones (excluding diaryl/α,β-unsaturated/α-hetero) is 3. The third-order valence-corrected chi connectivity index (χ3v) is 8.80. The van der Waals surface area contributed by atoms with Crippen molar-refractivity contribution in [3.05, 3.63) is 141 Å². The van der Waals surface area contributed by atoms with Gasteiger partial charge in [0.25, 0.3) is 5.69 Å². The zero-order valence-electron chi connectivity index (χ0n) is 22.5. The first-order chi connectivity index (χ1) is 20.4. The van der Waals surface area contributed by atoms with Gasteiger partial charge in [0.2, 0.25) is 0 Å². The van der Waals surface area contributed by atoms with Gasteiger partial charge in [0.1, 0.15) is 17.2 Å². The predicted molar refractivity (Wildman–Crippen MR) is 156 cm³/mol. The van der Waals surface area contributed by atoms with Crippen LogP contribution in [0.25, 0.3) is 6.08 Å². The van der Waals surface area contributed by atoms with Gasteiger partial charge < -0.3 is 9.64 Å². The molecule has 0 bridgehead atoms. The number of non-ortho nitro benzene ring substituents is 1. The summed E-state index contributed by atoms with van der Waals surface area (Å²) in [6, 6.07) is 25.2. The number of rotatable bonds is 5. The van der Waals surface area contributed by atoms with E-state index in [0.29, 0.717) is 22.4 Å². The van der Waals surface area contributed by atoms with Crippen LogP contribution in [-0.4, -0.2) is 41.5 Å². The van der Waals surface area contributed by atoms with Crippen molar-refractivity contribution >= 4 is 34.8 Å². The molecule has 0 N–H and O–H groups in total. The number of anilines is 1. The third-order valence-electron chi connectivity index (χ3n) is 8.80. The molecule has 206 valence electrons. The van der Waals surface area contributed by atoms with Crippen LogP contribution in [0.4, 0.5) is 11.4 Å². The third kappa shape index (κ3) is 3.38. The molecule has 0 unspecified atom stereocenters. The quantitative estimate of drug-likeness (QED) is 0.130. The molecule has 2 heterocycles. The highest BCUT2D eigenvalue weighted by Crippen LogP contribution is 2.61. The van der Waals surface area contributed by atoms with Crippen LogP contribution in [0.3, 0.4) is 0 Å². The lowest BCUT2D eigenvalue weighted by Gasteiger charge is -2.37. The summed E-state index contributed by atoms with van der Waals surface area (Å²) in [5.41, 5.74) is 1.35. The standard InChI is InChI=1S/C34H24N2O6/c1-42-24-9-6-8-22(19-24)29-30(31(37)21-13-16-23(17-14-21)36(40)41)35-27-12-5-2-7-20(27)15-18-28(35)34(29)32(38)25-10-3-4-11-26(25)33(34)39/h2-19,28-30H,1H3/t28-,29+,30-/m0/s1. The Morgan fingerprint density at radius 2 is 1.55 bits per heavy atom. The summed E-state index contributed by atoms with van der Waals surface area (Å²) in [4.78, 5) is 56.7. The van der Waals surface area contributed by atoms with Gasteiger partial charge >= 0.3 is 0 Å². The molecule has 8 heteroatoms. The Bertz CT molecular complexity index is 1810. The first-order valence-corrected chi connectivity index (χ1v) is 13.5. The van der Waals surface area contributed by atoms with Gasteiger partial charge in [-0.25, -0.2) is 0 Å². The second kappa shape index (κ2) is 9.34. The summed E-state index contributed by atoms with van der Waals surface area (Å²) in [5.74, 6) is -1.37. The number of para-hydroxylation sites is 1. The van der Waals surface area contributed by atoms with Crippen molar-refractivity contribution in [2.75, 3.05) is 12.0 Å². The van der Waals surface area contributed by atoms with Gasteiger partial charge in [-0.15, -0.1) is 0 Å². The van der Waals surface area contributed by atoms with E-state index in [-0.39, 0.29) is 28.6 Å². The molecule has 0 radical (unpaired) electrons. The van der Waals surface area contributed by atoms with Crippen LogP contribution in [0.2, 0.25) is 0 Å². The normalized spacial score (nSPS) is 21.2. The predicted octanol–water partition coefficient (Wildman–Crippen LogP) is 5.92. The number of hydrogen-bond acceptors (Lipinski definition) is 7. The van der Waals surface area contributed by atoms with Gasteiger partial charge in [-0.1, -0.05) is 66.7 Å². The van der Waals surface area contributed by atoms with E-state index in [1.165, 1.54) is 31.4 Å². The van der Waals surface area contributed by atoms with E-state index in [1.54, 1.807) is 42.5 Å². The van der Waals surface area contributed by atoms with Crippen LogP contribution >= 0.6 is 0 Å². The highest BCUT2D eigenvalue weighted by Gasteiger charge is 2.71. The molecule has 1 saturated heterocycles. The van der Waals surface area contributed by atoms with Crippen LogP contribution in [0.15, 0.2) is 103 Å². The fourth-order valence-corrected chi connectivity index (χ4v) is 7.04. The summed E-state index contributed by atoms with van der Waals surface area (Å²) in [6.45, 7) is 0. The highest BCUT2D eigenvalue weighted by atomic mass is 16.6. The van der Waals surface area contributed by atoms with E-state index in [9.17, 15) is 24.5 Å². The SMILES string of the molecule is COc1cccc([C@@H]2[C@@H](C(=O)c3ccc([N+](=O)[O-])cc3)N3c4ccccc4C=C[C@H]3C23C(=O)c2ccccc2C3=O)c1. The molecule has 3 atom stereocenters. The number of ketones is 3. The number of nitro benzene ring substituents is 1. The molecule has 0 saturated carbocycles. The Morgan fingerprint density at radius 3 is 2.21 bits per heavy atom. The van der Waals surface area contributed by atoms with Crippen molar-refractivity contribution < 1.29 is 24.0 Å². The smallest absolute Gasteiger partial charge is 0.269 e. The van der Waals surface area contributed by atoms with Crippen molar-refractivity contribution in [2.45, 2.75) is 18.0 Å². The number of nitrogens with zero attached hydrogens (tertiary/aromatic N) is 2. The zero-order valence-corrected chi connectivity index (χ0v) is 22.5. The summed E-state index contributed by atoms with van der Waals surface area (Å²) in [5, 5.41) is 11.3. The van der Waals surface area contributed by atoms with E-state index >= 15 is 0 Å². The van der Waals surface area contributed by atoms with Gasteiger partial charge in [0.15, 0.2) is 17.3 Å². The Balaban J connectivity index is 1.52. The molecule has 4 aromatic rings. The van der Waals surface area contributed by atoms with E-state index in [2.05, 4.69) is 0 Å². The molecule has 2 aliphatic heterocycles. The maximum Gasteiger partial charge on any atom is 0.269 e. The van der Waals surface area contributed by atoms with Crippen LogP contribution in [-0.2, 0) is 0 Å².